The van der Waals surface area contributed by atoms with E-state index in [1.54, 1.807) is 7.11 Å². The van der Waals surface area contributed by atoms with Crippen LogP contribution in [0.1, 0.15) is 11.5 Å². The van der Waals surface area contributed by atoms with Gasteiger partial charge in [-0.3, -0.25) is 0 Å². The summed E-state index contributed by atoms with van der Waals surface area (Å²) in [5, 5.41) is 0. The van der Waals surface area contributed by atoms with Crippen molar-refractivity contribution >= 4 is 28.1 Å². The standard InChI is InChI=1S/C7H9BrN2OS/c1-4-6(8)7(12)10-5(9-4)3-11-2/h3H2,1-2H3,(H,9,10,12). The van der Waals surface area contributed by atoms with Crippen molar-refractivity contribution in [3.8, 4) is 0 Å². The van der Waals surface area contributed by atoms with Gasteiger partial charge < -0.3 is 9.72 Å². The van der Waals surface area contributed by atoms with E-state index in [4.69, 9.17) is 17.0 Å². The predicted octanol–water partition coefficient (Wildman–Crippen LogP) is 2.36. The number of nitrogens with zero attached hydrogens (tertiary/aromatic N) is 1. The van der Waals surface area contributed by atoms with Crippen molar-refractivity contribution in [3.63, 3.8) is 0 Å². The van der Waals surface area contributed by atoms with E-state index in [1.165, 1.54) is 0 Å². The Balaban J connectivity index is 3.13. The molecule has 1 N–H and O–H groups in total. The molecule has 0 fully saturated rings. The van der Waals surface area contributed by atoms with Gasteiger partial charge in [-0.15, -0.1) is 0 Å². The number of hydrogen-bond donors (Lipinski definition) is 1. The number of hydrogen-bond acceptors (Lipinski definition) is 3. The Morgan fingerprint density at radius 1 is 1.67 bits per heavy atom. The molecule has 0 spiro atoms. The van der Waals surface area contributed by atoms with E-state index < -0.39 is 0 Å². The summed E-state index contributed by atoms with van der Waals surface area (Å²) in [5.74, 6) is 0.753. The summed E-state index contributed by atoms with van der Waals surface area (Å²) in [6.45, 7) is 2.39. The van der Waals surface area contributed by atoms with Gasteiger partial charge in [-0.05, 0) is 22.9 Å². The van der Waals surface area contributed by atoms with Crippen molar-refractivity contribution in [3.05, 3.63) is 20.6 Å². The molecule has 5 heteroatoms. The Morgan fingerprint density at radius 2 is 2.33 bits per heavy atom. The molecule has 66 valence electrons. The Hall–Kier alpha value is -0.260. The minimum atomic E-state index is 0.456. The van der Waals surface area contributed by atoms with Crippen LogP contribution >= 0.6 is 28.1 Å². The van der Waals surface area contributed by atoms with Crippen LogP contribution in [0.25, 0.3) is 0 Å². The summed E-state index contributed by atoms with van der Waals surface area (Å²) in [6.07, 6.45) is 0. The fourth-order valence-electron chi connectivity index (χ4n) is 0.836. The molecule has 0 saturated heterocycles. The molecule has 0 saturated carbocycles. The monoisotopic (exact) mass is 248 g/mol. The molecule has 0 atom stereocenters. The highest BCUT2D eigenvalue weighted by atomic mass is 79.9. The fraction of sp³-hybridized carbons (Fsp3) is 0.429. The van der Waals surface area contributed by atoms with Crippen LogP contribution in [0.2, 0.25) is 0 Å². The number of H-pyrrole nitrogens is 1. The lowest BCUT2D eigenvalue weighted by Crippen LogP contribution is -1.99. The molecule has 1 aromatic rings. The largest absolute Gasteiger partial charge is 0.377 e. The maximum atomic E-state index is 5.01. The molecule has 0 amide bonds. The molecule has 12 heavy (non-hydrogen) atoms. The smallest absolute Gasteiger partial charge is 0.144 e. The molecule has 0 bridgehead atoms. The highest BCUT2D eigenvalue weighted by molar-refractivity contribution is 9.10. The summed E-state index contributed by atoms with van der Waals surface area (Å²) in [4.78, 5) is 7.18. The van der Waals surface area contributed by atoms with Crippen molar-refractivity contribution in [2.24, 2.45) is 0 Å². The second-order valence-corrected chi connectivity index (χ2v) is 3.54. The second-order valence-electron chi connectivity index (χ2n) is 2.36. The first-order chi connectivity index (χ1) is 5.65. The Morgan fingerprint density at radius 3 is 2.83 bits per heavy atom. The van der Waals surface area contributed by atoms with Gasteiger partial charge in [-0.2, -0.15) is 0 Å². The van der Waals surface area contributed by atoms with Crippen molar-refractivity contribution in [2.75, 3.05) is 7.11 Å². The van der Waals surface area contributed by atoms with Crippen LogP contribution in [0.5, 0.6) is 0 Å². The molecular formula is C7H9BrN2OS. The first kappa shape index (κ1) is 9.83. The number of methoxy groups -OCH3 is 1. The summed E-state index contributed by atoms with van der Waals surface area (Å²) in [7, 11) is 1.62. The zero-order valence-electron chi connectivity index (χ0n) is 6.85. The first-order valence-corrected chi connectivity index (χ1v) is 4.59. The lowest BCUT2D eigenvalue weighted by atomic mass is 10.4. The van der Waals surface area contributed by atoms with E-state index >= 15 is 0 Å². The highest BCUT2D eigenvalue weighted by Crippen LogP contribution is 2.14. The third-order valence-electron chi connectivity index (χ3n) is 1.37. The average molecular weight is 249 g/mol. The lowest BCUT2D eigenvalue weighted by Gasteiger charge is -2.02. The van der Waals surface area contributed by atoms with Gasteiger partial charge >= 0.3 is 0 Å². The number of halogens is 1. The quantitative estimate of drug-likeness (QED) is 0.817. The van der Waals surface area contributed by atoms with E-state index in [1.807, 2.05) is 6.92 Å². The highest BCUT2D eigenvalue weighted by Gasteiger charge is 2.00. The number of aromatic amines is 1. The second kappa shape index (κ2) is 4.11. The van der Waals surface area contributed by atoms with Gasteiger partial charge in [-0.25, -0.2) is 4.98 Å². The van der Waals surface area contributed by atoms with Gasteiger partial charge in [-0.1, -0.05) is 12.2 Å². The third kappa shape index (κ3) is 2.12. The Labute approximate surface area is 84.3 Å². The first-order valence-electron chi connectivity index (χ1n) is 3.39. The summed E-state index contributed by atoms with van der Waals surface area (Å²) < 4.78 is 6.34. The van der Waals surface area contributed by atoms with Crippen LogP contribution in [0.4, 0.5) is 0 Å². The lowest BCUT2D eigenvalue weighted by molar-refractivity contribution is 0.177. The van der Waals surface area contributed by atoms with Gasteiger partial charge in [0.15, 0.2) is 0 Å². The van der Waals surface area contributed by atoms with Gasteiger partial charge in [0, 0.05) is 12.8 Å². The van der Waals surface area contributed by atoms with Crippen molar-refractivity contribution in [1.82, 2.24) is 9.97 Å². The zero-order chi connectivity index (χ0) is 9.14. The van der Waals surface area contributed by atoms with Gasteiger partial charge in [0.25, 0.3) is 0 Å². The molecule has 0 radical (unpaired) electrons. The summed E-state index contributed by atoms with van der Waals surface area (Å²) in [6, 6.07) is 0. The number of nitrogens with one attached hydrogen (secondary N) is 1. The third-order valence-corrected chi connectivity index (χ3v) is 2.89. The molecule has 0 aromatic carbocycles. The molecule has 1 aromatic heterocycles. The fourth-order valence-corrected chi connectivity index (χ4v) is 1.29. The number of aromatic nitrogens is 2. The molecule has 0 aliphatic heterocycles. The minimum absolute atomic E-state index is 0.456. The van der Waals surface area contributed by atoms with Crippen LogP contribution in [0.3, 0.4) is 0 Å². The Kier molecular flexibility index (Phi) is 3.37. The van der Waals surface area contributed by atoms with Crippen molar-refractivity contribution < 1.29 is 4.74 Å². The zero-order valence-corrected chi connectivity index (χ0v) is 9.25. The van der Waals surface area contributed by atoms with Crippen LogP contribution in [-0.4, -0.2) is 17.1 Å². The van der Waals surface area contributed by atoms with Crippen LogP contribution in [-0.2, 0) is 11.3 Å². The summed E-state index contributed by atoms with van der Waals surface area (Å²) in [5.41, 5.74) is 0.974. The van der Waals surface area contributed by atoms with Crippen molar-refractivity contribution in [2.45, 2.75) is 13.5 Å². The number of ether oxygens (including phenoxy) is 1. The van der Waals surface area contributed by atoms with Gasteiger partial charge in [0.05, 0.1) is 4.47 Å². The molecule has 0 unspecified atom stereocenters. The molecule has 3 nitrogen and oxygen atoms in total. The molecule has 1 rings (SSSR count). The summed E-state index contributed by atoms with van der Waals surface area (Å²) >= 11 is 8.33. The predicted molar refractivity (Wildman–Crippen MR) is 52.6 cm³/mol. The topological polar surface area (TPSA) is 37.9 Å². The maximum Gasteiger partial charge on any atom is 0.144 e. The maximum absolute atomic E-state index is 5.01. The Bertz CT molecular complexity index is 337. The van der Waals surface area contributed by atoms with Crippen molar-refractivity contribution in [1.29, 1.82) is 0 Å². The van der Waals surface area contributed by atoms with Gasteiger partial charge in [0.1, 0.15) is 17.1 Å². The van der Waals surface area contributed by atoms with Crippen LogP contribution in [0.15, 0.2) is 4.47 Å². The number of rotatable bonds is 2. The van der Waals surface area contributed by atoms with E-state index in [9.17, 15) is 0 Å². The molecular weight excluding hydrogens is 240 g/mol. The average Bonchev–Trinajstić information content (AvgIpc) is 2.01. The van der Waals surface area contributed by atoms with E-state index in [-0.39, 0.29) is 0 Å². The van der Waals surface area contributed by atoms with E-state index in [0.29, 0.717) is 11.2 Å². The SMILES string of the molecule is COCc1nc(=S)c(Br)c(C)[nH]1. The van der Waals surface area contributed by atoms with E-state index in [2.05, 4.69) is 25.9 Å². The number of aryl methyl sites for hydroxylation is 1. The normalized spacial score (nSPS) is 10.2. The van der Waals surface area contributed by atoms with Crippen LogP contribution < -0.4 is 0 Å². The van der Waals surface area contributed by atoms with E-state index in [0.717, 1.165) is 16.0 Å². The molecule has 1 heterocycles. The van der Waals surface area contributed by atoms with Crippen LogP contribution in [0, 0.1) is 11.6 Å². The molecule has 0 aliphatic rings. The van der Waals surface area contributed by atoms with Gasteiger partial charge in [0.2, 0.25) is 0 Å². The molecule has 0 aliphatic carbocycles. The minimum Gasteiger partial charge on any atom is -0.377 e.